The Morgan fingerprint density at radius 3 is 2.36 bits per heavy atom. The van der Waals surface area contributed by atoms with Crippen LogP contribution in [0.1, 0.15) is 18.4 Å². The van der Waals surface area contributed by atoms with Crippen LogP contribution < -0.4 is 4.72 Å². The molecule has 1 N–H and O–H groups in total. The normalized spacial score (nSPS) is 16.1. The molecule has 1 saturated heterocycles. The van der Waals surface area contributed by atoms with Gasteiger partial charge in [0.25, 0.3) is 5.69 Å². The molecule has 0 saturated carbocycles. The number of nitro groups is 1. The van der Waals surface area contributed by atoms with Crippen LogP contribution in [-0.2, 0) is 16.4 Å². The van der Waals surface area contributed by atoms with Crippen LogP contribution in [0.4, 0.5) is 5.69 Å². The van der Waals surface area contributed by atoms with Gasteiger partial charge < -0.3 is 4.90 Å². The van der Waals surface area contributed by atoms with Gasteiger partial charge in [-0.2, -0.15) is 0 Å². The van der Waals surface area contributed by atoms with E-state index in [-0.39, 0.29) is 10.8 Å². The molecule has 0 spiro atoms. The monoisotopic (exact) mass is 403 g/mol. The van der Waals surface area contributed by atoms with Crippen molar-refractivity contribution < 1.29 is 13.3 Å². The largest absolute Gasteiger partial charge is 0.303 e. The molecule has 2 aromatic rings. The molecule has 2 aromatic carbocycles. The molecule has 150 valence electrons. The lowest BCUT2D eigenvalue weighted by molar-refractivity contribution is -0.387. The van der Waals surface area contributed by atoms with Gasteiger partial charge in [0.05, 0.1) is 4.92 Å². The second kappa shape index (κ2) is 9.27. The summed E-state index contributed by atoms with van der Waals surface area (Å²) in [6, 6.07) is 15.8. The number of benzene rings is 2. The number of para-hydroxylation sites is 1. The maximum Gasteiger partial charge on any atom is 0.289 e. The SMILES string of the molecule is O=[N+]([O-])c1ccccc1S(=O)(=O)NCC1CCN(CCc2ccccc2)CC1. The van der Waals surface area contributed by atoms with E-state index in [1.54, 1.807) is 0 Å². The van der Waals surface area contributed by atoms with Gasteiger partial charge >= 0.3 is 0 Å². The second-order valence-corrected chi connectivity index (χ2v) is 8.83. The summed E-state index contributed by atoms with van der Waals surface area (Å²) in [7, 11) is -3.90. The number of hydrogen-bond donors (Lipinski definition) is 1. The molecule has 3 rings (SSSR count). The first-order chi connectivity index (χ1) is 13.5. The molecule has 1 aliphatic rings. The highest BCUT2D eigenvalue weighted by Gasteiger charge is 2.27. The minimum absolute atomic E-state index is 0.241. The summed E-state index contributed by atoms with van der Waals surface area (Å²) in [6.45, 7) is 3.18. The van der Waals surface area contributed by atoms with E-state index in [4.69, 9.17) is 0 Å². The standard InChI is InChI=1S/C20H25N3O4S/c24-23(25)19-8-4-5-9-20(19)28(26,27)21-16-18-11-14-22(15-12-18)13-10-17-6-2-1-3-7-17/h1-9,18,21H,10-16H2. The number of nitro benzene ring substituents is 1. The zero-order valence-corrected chi connectivity index (χ0v) is 16.5. The minimum atomic E-state index is -3.90. The van der Waals surface area contributed by atoms with E-state index in [1.165, 1.54) is 29.8 Å². The predicted octanol–water partition coefficient (Wildman–Crippen LogP) is 2.83. The average molecular weight is 404 g/mol. The molecule has 0 aromatic heterocycles. The zero-order chi connectivity index (χ0) is 20.0. The van der Waals surface area contributed by atoms with Gasteiger partial charge in [0.15, 0.2) is 4.90 Å². The minimum Gasteiger partial charge on any atom is -0.303 e. The van der Waals surface area contributed by atoms with Crippen molar-refractivity contribution in [1.29, 1.82) is 0 Å². The molecular formula is C20H25N3O4S. The molecule has 1 fully saturated rings. The van der Waals surface area contributed by atoms with Crippen LogP contribution in [0.15, 0.2) is 59.5 Å². The molecule has 7 nitrogen and oxygen atoms in total. The molecule has 0 bridgehead atoms. The highest BCUT2D eigenvalue weighted by Crippen LogP contribution is 2.23. The fourth-order valence-corrected chi connectivity index (χ4v) is 4.77. The Hall–Kier alpha value is -2.29. The van der Waals surface area contributed by atoms with Crippen molar-refractivity contribution >= 4 is 15.7 Å². The first-order valence-electron chi connectivity index (χ1n) is 9.45. The molecule has 1 aliphatic heterocycles. The number of nitrogens with zero attached hydrogens (tertiary/aromatic N) is 2. The van der Waals surface area contributed by atoms with Gasteiger partial charge in [0.1, 0.15) is 0 Å². The van der Waals surface area contributed by atoms with E-state index in [0.717, 1.165) is 38.9 Å². The van der Waals surface area contributed by atoms with Gasteiger partial charge in [-0.3, -0.25) is 10.1 Å². The fourth-order valence-electron chi connectivity index (χ4n) is 3.49. The third kappa shape index (κ3) is 5.37. The topological polar surface area (TPSA) is 92.5 Å². The first-order valence-corrected chi connectivity index (χ1v) is 10.9. The summed E-state index contributed by atoms with van der Waals surface area (Å²) >= 11 is 0. The molecule has 28 heavy (non-hydrogen) atoms. The fraction of sp³-hybridized carbons (Fsp3) is 0.400. The summed E-state index contributed by atoms with van der Waals surface area (Å²) in [5.41, 5.74) is 0.924. The molecule has 1 heterocycles. The van der Waals surface area contributed by atoms with Crippen LogP contribution in [0, 0.1) is 16.0 Å². The first kappa shape index (κ1) is 20.4. The number of rotatable bonds is 8. The Labute approximate surface area is 165 Å². The maximum absolute atomic E-state index is 12.5. The van der Waals surface area contributed by atoms with Crippen LogP contribution in [-0.4, -0.2) is 44.4 Å². The van der Waals surface area contributed by atoms with Gasteiger partial charge in [0, 0.05) is 19.2 Å². The smallest absolute Gasteiger partial charge is 0.289 e. The lowest BCUT2D eigenvalue weighted by atomic mass is 9.97. The number of hydrogen-bond acceptors (Lipinski definition) is 5. The summed E-state index contributed by atoms with van der Waals surface area (Å²) in [5, 5.41) is 11.1. The second-order valence-electron chi connectivity index (χ2n) is 7.10. The van der Waals surface area contributed by atoms with Crippen LogP contribution >= 0.6 is 0 Å². The lowest BCUT2D eigenvalue weighted by Gasteiger charge is -2.32. The highest BCUT2D eigenvalue weighted by molar-refractivity contribution is 7.89. The van der Waals surface area contributed by atoms with Crippen LogP contribution in [0.3, 0.4) is 0 Å². The third-order valence-corrected chi connectivity index (χ3v) is 6.65. The molecule has 0 amide bonds. The maximum atomic E-state index is 12.5. The molecule has 0 radical (unpaired) electrons. The number of likely N-dealkylation sites (tertiary alicyclic amines) is 1. The van der Waals surface area contributed by atoms with Crippen molar-refractivity contribution in [3.8, 4) is 0 Å². The molecular weight excluding hydrogens is 378 g/mol. The Kier molecular flexibility index (Phi) is 6.77. The Morgan fingerprint density at radius 2 is 1.68 bits per heavy atom. The van der Waals surface area contributed by atoms with E-state index in [9.17, 15) is 18.5 Å². The molecule has 0 atom stereocenters. The number of piperidine rings is 1. The number of nitrogens with one attached hydrogen (secondary N) is 1. The van der Waals surface area contributed by atoms with Gasteiger partial charge in [-0.25, -0.2) is 13.1 Å². The van der Waals surface area contributed by atoms with Gasteiger partial charge in [-0.1, -0.05) is 42.5 Å². The Bertz CT molecular complexity index is 895. The summed E-state index contributed by atoms with van der Waals surface area (Å²) < 4.78 is 27.6. The average Bonchev–Trinajstić information content (AvgIpc) is 2.72. The van der Waals surface area contributed by atoms with Crippen LogP contribution in [0.25, 0.3) is 0 Å². The molecule has 8 heteroatoms. The van der Waals surface area contributed by atoms with Gasteiger partial charge in [0.2, 0.25) is 10.0 Å². The predicted molar refractivity (Wildman–Crippen MR) is 108 cm³/mol. The molecule has 0 unspecified atom stereocenters. The van der Waals surface area contributed by atoms with E-state index in [1.807, 2.05) is 18.2 Å². The molecule has 0 aliphatic carbocycles. The van der Waals surface area contributed by atoms with Crippen molar-refractivity contribution in [3.05, 3.63) is 70.3 Å². The van der Waals surface area contributed by atoms with E-state index in [0.29, 0.717) is 6.54 Å². The Balaban J connectivity index is 1.48. The van der Waals surface area contributed by atoms with Crippen molar-refractivity contribution in [2.24, 2.45) is 5.92 Å². The lowest BCUT2D eigenvalue weighted by Crippen LogP contribution is -2.39. The Morgan fingerprint density at radius 1 is 1.04 bits per heavy atom. The van der Waals surface area contributed by atoms with Gasteiger partial charge in [-0.15, -0.1) is 0 Å². The van der Waals surface area contributed by atoms with Crippen molar-refractivity contribution in [3.63, 3.8) is 0 Å². The van der Waals surface area contributed by atoms with Crippen molar-refractivity contribution in [2.45, 2.75) is 24.2 Å². The quantitative estimate of drug-likeness (QED) is 0.540. The van der Waals surface area contributed by atoms with E-state index < -0.39 is 20.6 Å². The zero-order valence-electron chi connectivity index (χ0n) is 15.7. The van der Waals surface area contributed by atoms with E-state index >= 15 is 0 Å². The summed E-state index contributed by atoms with van der Waals surface area (Å²) in [6.07, 6.45) is 2.83. The van der Waals surface area contributed by atoms with Crippen molar-refractivity contribution in [1.82, 2.24) is 9.62 Å². The van der Waals surface area contributed by atoms with Crippen molar-refractivity contribution in [2.75, 3.05) is 26.2 Å². The number of sulfonamides is 1. The van der Waals surface area contributed by atoms with Crippen LogP contribution in [0.2, 0.25) is 0 Å². The summed E-state index contributed by atoms with van der Waals surface area (Å²) in [4.78, 5) is 12.5. The van der Waals surface area contributed by atoms with Gasteiger partial charge in [-0.05, 0) is 49.9 Å². The van der Waals surface area contributed by atoms with Crippen LogP contribution in [0.5, 0.6) is 0 Å². The summed E-state index contributed by atoms with van der Waals surface area (Å²) in [5.74, 6) is 0.241. The highest BCUT2D eigenvalue weighted by atomic mass is 32.2. The third-order valence-electron chi connectivity index (χ3n) is 5.18. The van der Waals surface area contributed by atoms with E-state index in [2.05, 4.69) is 21.8 Å².